The maximum Gasteiger partial charge on any atom is 0.471 e. The van der Waals surface area contributed by atoms with Gasteiger partial charge in [-0.2, -0.15) is 13.2 Å². The van der Waals surface area contributed by atoms with Crippen molar-refractivity contribution in [3.05, 3.63) is 29.3 Å². The normalized spacial score (nSPS) is 19.2. The number of anilines is 1. The molecule has 18 heavy (non-hydrogen) atoms. The van der Waals surface area contributed by atoms with Crippen molar-refractivity contribution in [3.8, 4) is 0 Å². The molecule has 1 amide bonds. The molecule has 1 aliphatic rings. The summed E-state index contributed by atoms with van der Waals surface area (Å²) in [6.07, 6.45) is -3.27. The first-order chi connectivity index (χ1) is 8.36. The molecule has 3 nitrogen and oxygen atoms in total. The van der Waals surface area contributed by atoms with Gasteiger partial charge >= 0.3 is 12.1 Å². The van der Waals surface area contributed by atoms with Crippen LogP contribution in [0, 0.1) is 0 Å². The summed E-state index contributed by atoms with van der Waals surface area (Å²) >= 11 is 0. The van der Waals surface area contributed by atoms with Crippen LogP contribution in [0.2, 0.25) is 0 Å². The Kier molecular flexibility index (Phi) is 3.19. The molecule has 98 valence electrons. The molecule has 1 aromatic rings. The number of amides is 1. The Balaban J connectivity index is 2.06. The number of rotatable bonds is 1. The molecule has 0 saturated carbocycles. The fourth-order valence-electron chi connectivity index (χ4n) is 2.17. The van der Waals surface area contributed by atoms with Gasteiger partial charge < -0.3 is 11.1 Å². The average Bonchev–Trinajstić information content (AvgIpc) is 2.27. The van der Waals surface area contributed by atoms with Crippen LogP contribution in [0.25, 0.3) is 0 Å². The van der Waals surface area contributed by atoms with Crippen LogP contribution < -0.4 is 11.1 Å². The van der Waals surface area contributed by atoms with Gasteiger partial charge in [0.1, 0.15) is 0 Å². The zero-order valence-corrected chi connectivity index (χ0v) is 9.55. The van der Waals surface area contributed by atoms with Gasteiger partial charge in [-0.3, -0.25) is 4.79 Å². The highest BCUT2D eigenvalue weighted by atomic mass is 19.4. The minimum Gasteiger partial charge on any atom is -0.399 e. The molecule has 0 spiro atoms. The molecule has 0 aromatic heterocycles. The van der Waals surface area contributed by atoms with Crippen LogP contribution in [0.4, 0.5) is 18.9 Å². The van der Waals surface area contributed by atoms with E-state index in [4.69, 9.17) is 5.73 Å². The molecular weight excluding hydrogens is 245 g/mol. The monoisotopic (exact) mass is 258 g/mol. The van der Waals surface area contributed by atoms with Gasteiger partial charge in [0.25, 0.3) is 0 Å². The zero-order chi connectivity index (χ0) is 13.3. The average molecular weight is 258 g/mol. The SMILES string of the molecule is Nc1ccc2c(c1)CC(NC(=O)C(F)(F)F)CC2. The molecular formula is C12H13F3N2O. The van der Waals surface area contributed by atoms with Gasteiger partial charge in [-0.05, 0) is 42.5 Å². The first-order valence-electron chi connectivity index (χ1n) is 5.61. The van der Waals surface area contributed by atoms with E-state index in [1.165, 1.54) is 0 Å². The molecule has 0 fully saturated rings. The second kappa shape index (κ2) is 4.51. The number of benzene rings is 1. The van der Waals surface area contributed by atoms with Crippen molar-refractivity contribution in [2.75, 3.05) is 5.73 Å². The summed E-state index contributed by atoms with van der Waals surface area (Å²) in [6.45, 7) is 0. The van der Waals surface area contributed by atoms with Gasteiger partial charge in [0, 0.05) is 11.7 Å². The Hall–Kier alpha value is -1.72. The smallest absolute Gasteiger partial charge is 0.399 e. The fourth-order valence-corrected chi connectivity index (χ4v) is 2.17. The van der Waals surface area contributed by atoms with E-state index in [2.05, 4.69) is 0 Å². The van der Waals surface area contributed by atoms with Crippen molar-refractivity contribution < 1.29 is 18.0 Å². The summed E-state index contributed by atoms with van der Waals surface area (Å²) < 4.78 is 36.4. The van der Waals surface area contributed by atoms with Gasteiger partial charge in [-0.25, -0.2) is 0 Å². The van der Waals surface area contributed by atoms with Gasteiger partial charge in [0.05, 0.1) is 0 Å². The summed E-state index contributed by atoms with van der Waals surface area (Å²) in [7, 11) is 0. The van der Waals surface area contributed by atoms with Crippen molar-refractivity contribution in [2.45, 2.75) is 31.5 Å². The predicted molar refractivity (Wildman–Crippen MR) is 60.9 cm³/mol. The molecule has 0 bridgehead atoms. The molecule has 3 N–H and O–H groups in total. The number of alkyl halides is 3. The lowest BCUT2D eigenvalue weighted by molar-refractivity contribution is -0.174. The van der Waals surface area contributed by atoms with E-state index in [9.17, 15) is 18.0 Å². The predicted octanol–water partition coefficient (Wildman–Crippen LogP) is 1.80. The van der Waals surface area contributed by atoms with Crippen LogP contribution in [0.3, 0.4) is 0 Å². The number of carbonyl (C=O) groups is 1. The third-order valence-electron chi connectivity index (χ3n) is 3.05. The number of hydrogen-bond donors (Lipinski definition) is 2. The Morgan fingerprint density at radius 2 is 2.06 bits per heavy atom. The van der Waals surface area contributed by atoms with E-state index in [0.29, 0.717) is 24.9 Å². The van der Waals surface area contributed by atoms with Crippen molar-refractivity contribution in [1.29, 1.82) is 0 Å². The standard InChI is InChI=1S/C12H13F3N2O/c13-12(14,15)11(18)17-10-4-2-7-1-3-9(16)5-8(7)6-10/h1,3,5,10H,2,4,6,16H2,(H,17,18). The summed E-state index contributed by atoms with van der Waals surface area (Å²) in [6, 6.07) is 4.93. The molecule has 0 saturated heterocycles. The van der Waals surface area contributed by atoms with Gasteiger partial charge in [-0.15, -0.1) is 0 Å². The second-order valence-electron chi connectivity index (χ2n) is 4.44. The lowest BCUT2D eigenvalue weighted by Crippen LogP contribution is -2.45. The molecule has 6 heteroatoms. The number of nitrogens with one attached hydrogen (secondary N) is 1. The largest absolute Gasteiger partial charge is 0.471 e. The molecule has 0 aliphatic heterocycles. The van der Waals surface area contributed by atoms with Crippen molar-refractivity contribution >= 4 is 11.6 Å². The third-order valence-corrected chi connectivity index (χ3v) is 3.05. The number of fused-ring (bicyclic) bond motifs is 1. The maximum atomic E-state index is 12.1. The number of nitrogens with two attached hydrogens (primary N) is 1. The van der Waals surface area contributed by atoms with Gasteiger partial charge in [0.2, 0.25) is 0 Å². The van der Waals surface area contributed by atoms with E-state index in [-0.39, 0.29) is 0 Å². The lowest BCUT2D eigenvalue weighted by Gasteiger charge is -2.26. The lowest BCUT2D eigenvalue weighted by atomic mass is 9.88. The molecule has 1 aromatic carbocycles. The van der Waals surface area contributed by atoms with E-state index < -0.39 is 18.1 Å². The van der Waals surface area contributed by atoms with Gasteiger partial charge in [-0.1, -0.05) is 6.07 Å². The highest BCUT2D eigenvalue weighted by Crippen LogP contribution is 2.24. The minimum atomic E-state index is -4.82. The van der Waals surface area contributed by atoms with E-state index in [1.807, 2.05) is 11.4 Å². The Morgan fingerprint density at radius 1 is 1.33 bits per heavy atom. The van der Waals surface area contributed by atoms with Crippen molar-refractivity contribution in [3.63, 3.8) is 0 Å². The molecule has 1 unspecified atom stereocenters. The minimum absolute atomic E-state index is 0.391. The highest BCUT2D eigenvalue weighted by molar-refractivity contribution is 5.82. The maximum absolute atomic E-state index is 12.1. The van der Waals surface area contributed by atoms with E-state index in [1.54, 1.807) is 12.1 Å². The summed E-state index contributed by atoms with van der Waals surface area (Å²) in [5, 5.41) is 2.01. The van der Waals surface area contributed by atoms with Crippen LogP contribution in [0.5, 0.6) is 0 Å². The molecule has 2 rings (SSSR count). The topological polar surface area (TPSA) is 55.1 Å². The number of nitrogen functional groups attached to an aromatic ring is 1. The summed E-state index contributed by atoms with van der Waals surface area (Å²) in [5.41, 5.74) is 8.21. The Morgan fingerprint density at radius 3 is 2.72 bits per heavy atom. The number of halogens is 3. The summed E-state index contributed by atoms with van der Waals surface area (Å²) in [5.74, 6) is -1.88. The fraction of sp³-hybridized carbons (Fsp3) is 0.417. The first kappa shape index (κ1) is 12.7. The van der Waals surface area contributed by atoms with Crippen molar-refractivity contribution in [2.24, 2.45) is 0 Å². The second-order valence-corrected chi connectivity index (χ2v) is 4.44. The Labute approximate surface area is 102 Å². The van der Waals surface area contributed by atoms with Crippen LogP contribution in [-0.2, 0) is 17.6 Å². The zero-order valence-electron chi connectivity index (χ0n) is 9.55. The van der Waals surface area contributed by atoms with Crippen LogP contribution in [0.1, 0.15) is 17.5 Å². The number of aryl methyl sites for hydroxylation is 1. The highest BCUT2D eigenvalue weighted by Gasteiger charge is 2.40. The third kappa shape index (κ3) is 2.75. The van der Waals surface area contributed by atoms with E-state index >= 15 is 0 Å². The first-order valence-corrected chi connectivity index (χ1v) is 5.61. The summed E-state index contributed by atoms with van der Waals surface area (Å²) in [4.78, 5) is 10.9. The molecule has 1 aliphatic carbocycles. The van der Waals surface area contributed by atoms with Crippen LogP contribution in [-0.4, -0.2) is 18.1 Å². The van der Waals surface area contributed by atoms with Crippen molar-refractivity contribution in [1.82, 2.24) is 5.32 Å². The quantitative estimate of drug-likeness (QED) is 0.755. The number of carbonyl (C=O) groups excluding carboxylic acids is 1. The molecule has 0 heterocycles. The van der Waals surface area contributed by atoms with Gasteiger partial charge in [0.15, 0.2) is 0 Å². The van der Waals surface area contributed by atoms with Crippen LogP contribution >= 0.6 is 0 Å². The van der Waals surface area contributed by atoms with Crippen LogP contribution in [0.15, 0.2) is 18.2 Å². The molecule has 1 atom stereocenters. The number of hydrogen-bond acceptors (Lipinski definition) is 2. The molecule has 0 radical (unpaired) electrons. The van der Waals surface area contributed by atoms with E-state index in [0.717, 1.165) is 11.1 Å². The Bertz CT molecular complexity index is 471.